The van der Waals surface area contributed by atoms with Crippen LogP contribution in [0, 0.1) is 11.6 Å². The van der Waals surface area contributed by atoms with Gasteiger partial charge < -0.3 is 20.4 Å². The molecule has 0 aliphatic carbocycles. The van der Waals surface area contributed by atoms with Crippen LogP contribution < -0.4 is 5.32 Å². The molecule has 1 amide bonds. The van der Waals surface area contributed by atoms with E-state index in [0.29, 0.717) is 18.9 Å². The van der Waals surface area contributed by atoms with E-state index < -0.39 is 17.5 Å². The number of amides is 1. The molecule has 3 aromatic carbocycles. The smallest absolute Gasteiger partial charge is 0.260 e. The molecule has 4 aromatic rings. The number of rotatable bonds is 4. The van der Waals surface area contributed by atoms with Gasteiger partial charge in [-0.05, 0) is 23.3 Å². The van der Waals surface area contributed by atoms with Crippen molar-refractivity contribution in [2.24, 2.45) is 7.05 Å². The number of nitrogens with zero attached hydrogens (tertiary/aromatic N) is 3. The van der Waals surface area contributed by atoms with E-state index >= 15 is 0 Å². The molecule has 0 fully saturated rings. The Morgan fingerprint density at radius 2 is 1.71 bits per heavy atom. The first-order valence-corrected chi connectivity index (χ1v) is 10.5. The summed E-state index contributed by atoms with van der Waals surface area (Å²) < 4.78 is 29.3. The Bertz CT molecular complexity index is 1410. The SMILES string of the molecule is Cn1nc(-c2cccc(F)c2F)cc1Nc1cc(O)cc(O)c1C(=O)N1Cc2ccccc2C1. The highest BCUT2D eigenvalue weighted by Gasteiger charge is 2.28. The maximum atomic E-state index is 14.3. The maximum absolute atomic E-state index is 14.3. The number of carbonyl (C=O) groups is 1. The number of aryl methyl sites for hydroxylation is 1. The van der Waals surface area contributed by atoms with Gasteiger partial charge in [-0.15, -0.1) is 0 Å². The Balaban J connectivity index is 1.49. The average Bonchev–Trinajstić information content (AvgIpc) is 3.38. The number of anilines is 2. The summed E-state index contributed by atoms with van der Waals surface area (Å²) in [7, 11) is 1.59. The van der Waals surface area contributed by atoms with Gasteiger partial charge in [0.15, 0.2) is 11.6 Å². The molecule has 1 aliphatic heterocycles. The Hall–Kier alpha value is -4.40. The van der Waals surface area contributed by atoms with Gasteiger partial charge in [-0.25, -0.2) is 8.78 Å². The third-order valence-corrected chi connectivity index (χ3v) is 5.81. The second kappa shape index (κ2) is 8.18. The topological polar surface area (TPSA) is 90.6 Å². The second-order valence-corrected chi connectivity index (χ2v) is 8.08. The zero-order valence-corrected chi connectivity index (χ0v) is 18.1. The van der Waals surface area contributed by atoms with Gasteiger partial charge in [0.25, 0.3) is 5.91 Å². The third-order valence-electron chi connectivity index (χ3n) is 5.81. The third kappa shape index (κ3) is 3.71. The minimum atomic E-state index is -1.02. The molecule has 9 heteroatoms. The van der Waals surface area contributed by atoms with Crippen LogP contribution in [-0.4, -0.2) is 30.8 Å². The van der Waals surface area contributed by atoms with Gasteiger partial charge in [-0.2, -0.15) is 5.10 Å². The molecule has 5 rings (SSSR count). The Morgan fingerprint density at radius 3 is 2.41 bits per heavy atom. The molecular formula is C25H20F2N4O3. The quantitative estimate of drug-likeness (QED) is 0.410. The summed E-state index contributed by atoms with van der Waals surface area (Å²) >= 11 is 0. The standard InChI is InChI=1S/C25H20F2N4O3/c1-30-22(11-19(29-30)17-7-4-8-18(26)24(17)27)28-20-9-16(32)10-21(33)23(20)25(34)31-12-14-5-2-3-6-15(14)13-31/h2-11,28,32-33H,12-13H2,1H3. The zero-order valence-electron chi connectivity index (χ0n) is 18.1. The van der Waals surface area contributed by atoms with E-state index in [1.807, 2.05) is 24.3 Å². The lowest BCUT2D eigenvalue weighted by atomic mass is 10.1. The molecule has 0 unspecified atom stereocenters. The van der Waals surface area contributed by atoms with E-state index in [-0.39, 0.29) is 34.0 Å². The van der Waals surface area contributed by atoms with Crippen molar-refractivity contribution in [1.82, 2.24) is 14.7 Å². The molecule has 0 radical (unpaired) electrons. The van der Waals surface area contributed by atoms with Crippen LogP contribution >= 0.6 is 0 Å². The fourth-order valence-electron chi connectivity index (χ4n) is 4.13. The summed E-state index contributed by atoms with van der Waals surface area (Å²) in [6, 6.07) is 15.4. The fraction of sp³-hybridized carbons (Fsp3) is 0.120. The molecule has 1 aromatic heterocycles. The molecule has 7 nitrogen and oxygen atoms in total. The normalized spacial score (nSPS) is 12.6. The van der Waals surface area contributed by atoms with E-state index in [4.69, 9.17) is 0 Å². The summed E-state index contributed by atoms with van der Waals surface area (Å²) in [5.41, 5.74) is 2.33. The van der Waals surface area contributed by atoms with Crippen molar-refractivity contribution >= 4 is 17.4 Å². The van der Waals surface area contributed by atoms with Gasteiger partial charge in [0.1, 0.15) is 22.9 Å². The van der Waals surface area contributed by atoms with Crippen molar-refractivity contribution in [3.63, 3.8) is 0 Å². The number of aromatic hydroxyl groups is 2. The zero-order chi connectivity index (χ0) is 24.0. The number of benzene rings is 3. The molecule has 1 aliphatic rings. The van der Waals surface area contributed by atoms with Crippen LogP contribution in [0.4, 0.5) is 20.3 Å². The van der Waals surface area contributed by atoms with Crippen LogP contribution in [0.1, 0.15) is 21.5 Å². The van der Waals surface area contributed by atoms with Crippen molar-refractivity contribution in [3.8, 4) is 22.8 Å². The number of carbonyl (C=O) groups excluding carboxylic acids is 1. The van der Waals surface area contributed by atoms with E-state index in [0.717, 1.165) is 23.3 Å². The number of hydrogen-bond acceptors (Lipinski definition) is 5. The highest BCUT2D eigenvalue weighted by Crippen LogP contribution is 2.36. The monoisotopic (exact) mass is 462 g/mol. The Kier molecular flexibility index (Phi) is 5.16. The van der Waals surface area contributed by atoms with Crippen LogP contribution in [0.3, 0.4) is 0 Å². The molecule has 0 saturated carbocycles. The fourth-order valence-corrected chi connectivity index (χ4v) is 4.13. The minimum absolute atomic E-state index is 0.0199. The van der Waals surface area contributed by atoms with E-state index in [9.17, 15) is 23.8 Å². The second-order valence-electron chi connectivity index (χ2n) is 8.08. The first-order valence-electron chi connectivity index (χ1n) is 10.5. The van der Waals surface area contributed by atoms with E-state index in [1.165, 1.54) is 28.9 Å². The minimum Gasteiger partial charge on any atom is -0.508 e. The molecule has 0 bridgehead atoms. The Labute approximate surface area is 193 Å². The van der Waals surface area contributed by atoms with Gasteiger partial charge in [-0.1, -0.05) is 30.3 Å². The number of nitrogens with one attached hydrogen (secondary N) is 1. The van der Waals surface area contributed by atoms with Gasteiger partial charge in [0.05, 0.1) is 11.4 Å². The van der Waals surface area contributed by atoms with Crippen LogP contribution in [0.5, 0.6) is 11.5 Å². The van der Waals surface area contributed by atoms with E-state index in [1.54, 1.807) is 11.9 Å². The predicted molar refractivity (Wildman–Crippen MR) is 122 cm³/mol. The average molecular weight is 462 g/mol. The largest absolute Gasteiger partial charge is 0.508 e. The number of phenols is 2. The highest BCUT2D eigenvalue weighted by atomic mass is 19.2. The first kappa shape index (κ1) is 21.4. The lowest BCUT2D eigenvalue weighted by Gasteiger charge is -2.19. The van der Waals surface area contributed by atoms with Crippen LogP contribution in [0.15, 0.2) is 60.7 Å². The molecule has 0 atom stereocenters. The molecular weight excluding hydrogens is 442 g/mol. The molecule has 34 heavy (non-hydrogen) atoms. The number of hydrogen-bond donors (Lipinski definition) is 3. The summed E-state index contributed by atoms with van der Waals surface area (Å²) in [4.78, 5) is 15.0. The maximum Gasteiger partial charge on any atom is 0.260 e. The molecule has 0 saturated heterocycles. The molecule has 172 valence electrons. The number of phenolic OH excluding ortho intramolecular Hbond substituents is 2. The summed E-state index contributed by atoms with van der Waals surface area (Å²) in [6.45, 7) is 0.785. The number of halogens is 2. The van der Waals surface area contributed by atoms with Crippen molar-refractivity contribution in [2.45, 2.75) is 13.1 Å². The van der Waals surface area contributed by atoms with Crippen molar-refractivity contribution in [2.75, 3.05) is 5.32 Å². The predicted octanol–water partition coefficient (Wildman–Crippen LogP) is 4.68. The van der Waals surface area contributed by atoms with Gasteiger partial charge >= 0.3 is 0 Å². The van der Waals surface area contributed by atoms with Crippen LogP contribution in [0.2, 0.25) is 0 Å². The van der Waals surface area contributed by atoms with Gasteiger partial charge in [0.2, 0.25) is 0 Å². The first-order chi connectivity index (χ1) is 16.3. The van der Waals surface area contributed by atoms with Gasteiger partial charge in [0, 0.05) is 43.9 Å². The lowest BCUT2D eigenvalue weighted by molar-refractivity contribution is 0.0749. The highest BCUT2D eigenvalue weighted by molar-refractivity contribution is 6.03. The summed E-state index contributed by atoms with van der Waals surface area (Å²) in [5, 5.41) is 27.8. The van der Waals surface area contributed by atoms with Gasteiger partial charge in [-0.3, -0.25) is 9.48 Å². The lowest BCUT2D eigenvalue weighted by Crippen LogP contribution is -2.26. The molecule has 0 spiro atoms. The summed E-state index contributed by atoms with van der Waals surface area (Å²) in [5.74, 6) is -2.74. The number of aromatic nitrogens is 2. The number of fused-ring (bicyclic) bond motifs is 1. The van der Waals surface area contributed by atoms with Crippen LogP contribution in [-0.2, 0) is 20.1 Å². The van der Waals surface area contributed by atoms with E-state index in [2.05, 4.69) is 10.4 Å². The van der Waals surface area contributed by atoms with Crippen molar-refractivity contribution < 1.29 is 23.8 Å². The van der Waals surface area contributed by atoms with Crippen molar-refractivity contribution in [3.05, 3.63) is 89.0 Å². The van der Waals surface area contributed by atoms with Crippen molar-refractivity contribution in [1.29, 1.82) is 0 Å². The Morgan fingerprint density at radius 1 is 1.00 bits per heavy atom. The molecule has 2 heterocycles. The summed E-state index contributed by atoms with van der Waals surface area (Å²) in [6.07, 6.45) is 0. The molecule has 3 N–H and O–H groups in total. The van der Waals surface area contributed by atoms with Crippen LogP contribution in [0.25, 0.3) is 11.3 Å².